The van der Waals surface area contributed by atoms with Crippen LogP contribution in [0.2, 0.25) is 0 Å². The van der Waals surface area contributed by atoms with Gasteiger partial charge in [0, 0.05) is 27.2 Å². The molecule has 5 heteroatoms. The summed E-state index contributed by atoms with van der Waals surface area (Å²) in [6.07, 6.45) is 5.66. The standard InChI is InChI=1S/C20H31N3O2/c1-16(19(24)22(2)3)21-20(25)23-14-12-18(13-15-23)11-7-10-17-8-5-4-6-9-17/h4-6,8-9,16,18H,7,10-15H2,1-3H3,(H,21,25)/t16-/m0/s1. The first-order chi connectivity index (χ1) is 12.0. The minimum Gasteiger partial charge on any atom is -0.347 e. The molecule has 0 radical (unpaired) electrons. The fourth-order valence-corrected chi connectivity index (χ4v) is 3.39. The van der Waals surface area contributed by atoms with Crippen molar-refractivity contribution in [3.05, 3.63) is 35.9 Å². The summed E-state index contributed by atoms with van der Waals surface area (Å²) in [5.74, 6) is 0.623. The number of aryl methyl sites for hydroxylation is 1. The summed E-state index contributed by atoms with van der Waals surface area (Å²) in [6.45, 7) is 3.30. The Labute approximate surface area is 151 Å². The second kappa shape index (κ2) is 9.44. The number of amides is 3. The predicted molar refractivity (Wildman–Crippen MR) is 100 cm³/mol. The van der Waals surface area contributed by atoms with Gasteiger partial charge in [-0.2, -0.15) is 0 Å². The molecule has 1 aliphatic rings. The van der Waals surface area contributed by atoms with E-state index in [9.17, 15) is 9.59 Å². The van der Waals surface area contributed by atoms with Gasteiger partial charge < -0.3 is 15.1 Å². The Kier molecular flexibility index (Phi) is 7.29. The zero-order chi connectivity index (χ0) is 18.2. The molecule has 1 N–H and O–H groups in total. The van der Waals surface area contributed by atoms with E-state index in [1.165, 1.54) is 23.3 Å². The number of nitrogens with zero attached hydrogens (tertiary/aromatic N) is 2. The number of nitrogens with one attached hydrogen (secondary N) is 1. The van der Waals surface area contributed by atoms with Crippen molar-refractivity contribution in [2.75, 3.05) is 27.2 Å². The molecule has 0 aromatic heterocycles. The molecule has 138 valence electrons. The number of carbonyl (C=O) groups is 2. The minimum absolute atomic E-state index is 0.0795. The molecule has 1 aromatic carbocycles. The summed E-state index contributed by atoms with van der Waals surface area (Å²) in [4.78, 5) is 27.5. The second-order valence-electron chi connectivity index (χ2n) is 7.21. The van der Waals surface area contributed by atoms with Crippen molar-refractivity contribution in [3.8, 4) is 0 Å². The van der Waals surface area contributed by atoms with E-state index in [4.69, 9.17) is 0 Å². The molecule has 5 nitrogen and oxygen atoms in total. The predicted octanol–water partition coefficient (Wildman–Crippen LogP) is 2.91. The van der Waals surface area contributed by atoms with Crippen LogP contribution < -0.4 is 5.32 Å². The number of carbonyl (C=O) groups excluding carboxylic acids is 2. The topological polar surface area (TPSA) is 52.7 Å². The highest BCUT2D eigenvalue weighted by molar-refractivity contribution is 5.86. The molecule has 1 atom stereocenters. The lowest BCUT2D eigenvalue weighted by atomic mass is 9.91. The van der Waals surface area contributed by atoms with Crippen molar-refractivity contribution in [1.29, 1.82) is 0 Å². The highest BCUT2D eigenvalue weighted by Crippen LogP contribution is 2.23. The van der Waals surface area contributed by atoms with Gasteiger partial charge in [-0.05, 0) is 50.5 Å². The largest absolute Gasteiger partial charge is 0.347 e. The molecule has 1 heterocycles. The van der Waals surface area contributed by atoms with Crippen LogP contribution in [0.1, 0.15) is 38.2 Å². The van der Waals surface area contributed by atoms with Crippen LogP contribution >= 0.6 is 0 Å². The molecule has 0 saturated carbocycles. The van der Waals surface area contributed by atoms with Crippen LogP contribution in [0.4, 0.5) is 4.79 Å². The average Bonchev–Trinajstić information content (AvgIpc) is 2.62. The maximum absolute atomic E-state index is 12.3. The first kappa shape index (κ1) is 19.3. The summed E-state index contributed by atoms with van der Waals surface area (Å²) in [5.41, 5.74) is 1.40. The number of hydrogen-bond donors (Lipinski definition) is 1. The Morgan fingerprint density at radius 2 is 1.84 bits per heavy atom. The van der Waals surface area contributed by atoms with E-state index < -0.39 is 6.04 Å². The SMILES string of the molecule is C[C@H](NC(=O)N1CCC(CCCc2ccccc2)CC1)C(=O)N(C)C. The quantitative estimate of drug-likeness (QED) is 0.862. The van der Waals surface area contributed by atoms with E-state index in [1.807, 2.05) is 4.90 Å². The number of benzene rings is 1. The Morgan fingerprint density at radius 1 is 1.20 bits per heavy atom. The molecule has 0 aliphatic carbocycles. The Hall–Kier alpha value is -2.04. The van der Waals surface area contributed by atoms with E-state index in [1.54, 1.807) is 21.0 Å². The maximum Gasteiger partial charge on any atom is 0.318 e. The van der Waals surface area contributed by atoms with Crippen LogP contribution in [-0.4, -0.2) is 55.0 Å². The molecule has 1 aromatic rings. The molecular weight excluding hydrogens is 314 g/mol. The van der Waals surface area contributed by atoms with Gasteiger partial charge in [0.15, 0.2) is 0 Å². The van der Waals surface area contributed by atoms with Gasteiger partial charge in [-0.15, -0.1) is 0 Å². The number of piperidine rings is 1. The maximum atomic E-state index is 12.3. The van der Waals surface area contributed by atoms with Gasteiger partial charge in [-0.1, -0.05) is 30.3 Å². The lowest BCUT2D eigenvalue weighted by molar-refractivity contribution is -0.130. The van der Waals surface area contributed by atoms with Gasteiger partial charge in [-0.25, -0.2) is 4.79 Å². The third-order valence-electron chi connectivity index (χ3n) is 4.97. The lowest BCUT2D eigenvalue weighted by Crippen LogP contribution is -2.51. The molecular formula is C20H31N3O2. The molecule has 0 unspecified atom stereocenters. The van der Waals surface area contributed by atoms with Gasteiger partial charge in [0.05, 0.1) is 0 Å². The molecule has 1 saturated heterocycles. The molecule has 1 aliphatic heterocycles. The van der Waals surface area contributed by atoms with Crippen molar-refractivity contribution < 1.29 is 9.59 Å². The molecule has 3 amide bonds. The number of rotatable bonds is 6. The van der Waals surface area contributed by atoms with Gasteiger partial charge in [-0.3, -0.25) is 4.79 Å². The van der Waals surface area contributed by atoms with Crippen LogP contribution in [0, 0.1) is 5.92 Å². The number of likely N-dealkylation sites (N-methyl/N-ethyl adjacent to an activating group) is 1. The van der Waals surface area contributed by atoms with Crippen LogP contribution in [-0.2, 0) is 11.2 Å². The molecule has 0 spiro atoms. The van der Waals surface area contributed by atoms with E-state index in [0.717, 1.165) is 32.4 Å². The van der Waals surface area contributed by atoms with Crippen LogP contribution in [0.25, 0.3) is 0 Å². The summed E-state index contributed by atoms with van der Waals surface area (Å²) < 4.78 is 0. The number of urea groups is 1. The highest BCUT2D eigenvalue weighted by atomic mass is 16.2. The number of likely N-dealkylation sites (tertiary alicyclic amines) is 1. The smallest absolute Gasteiger partial charge is 0.318 e. The van der Waals surface area contributed by atoms with Gasteiger partial charge >= 0.3 is 6.03 Å². The Balaban J connectivity index is 1.67. The molecule has 25 heavy (non-hydrogen) atoms. The van der Waals surface area contributed by atoms with Gasteiger partial charge in [0.25, 0.3) is 0 Å². The van der Waals surface area contributed by atoms with Crippen LogP contribution in [0.5, 0.6) is 0 Å². The third-order valence-corrected chi connectivity index (χ3v) is 4.97. The lowest BCUT2D eigenvalue weighted by Gasteiger charge is -2.33. The average molecular weight is 345 g/mol. The van der Waals surface area contributed by atoms with E-state index in [0.29, 0.717) is 5.92 Å². The van der Waals surface area contributed by atoms with Crippen molar-refractivity contribution >= 4 is 11.9 Å². The van der Waals surface area contributed by atoms with Crippen molar-refractivity contribution in [1.82, 2.24) is 15.1 Å². The minimum atomic E-state index is -0.480. The fourth-order valence-electron chi connectivity index (χ4n) is 3.39. The highest BCUT2D eigenvalue weighted by Gasteiger charge is 2.25. The molecule has 2 rings (SSSR count). The third kappa shape index (κ3) is 6.07. The first-order valence-electron chi connectivity index (χ1n) is 9.28. The Morgan fingerprint density at radius 3 is 2.44 bits per heavy atom. The van der Waals surface area contributed by atoms with E-state index >= 15 is 0 Å². The monoisotopic (exact) mass is 345 g/mol. The first-order valence-corrected chi connectivity index (χ1v) is 9.28. The normalized spacial score (nSPS) is 16.4. The van der Waals surface area contributed by atoms with Crippen molar-refractivity contribution in [2.24, 2.45) is 5.92 Å². The second-order valence-corrected chi connectivity index (χ2v) is 7.21. The summed E-state index contributed by atoms with van der Waals surface area (Å²) >= 11 is 0. The van der Waals surface area contributed by atoms with E-state index in [2.05, 4.69) is 35.6 Å². The van der Waals surface area contributed by atoms with Crippen LogP contribution in [0.3, 0.4) is 0 Å². The summed E-state index contributed by atoms with van der Waals surface area (Å²) in [6, 6.07) is 10.0. The number of hydrogen-bond acceptors (Lipinski definition) is 2. The van der Waals surface area contributed by atoms with Crippen molar-refractivity contribution in [3.63, 3.8) is 0 Å². The molecule has 0 bridgehead atoms. The van der Waals surface area contributed by atoms with E-state index in [-0.39, 0.29) is 11.9 Å². The molecule has 1 fully saturated rings. The zero-order valence-corrected chi connectivity index (χ0v) is 15.7. The Bertz CT molecular complexity index is 551. The van der Waals surface area contributed by atoms with Gasteiger partial charge in [0.1, 0.15) is 6.04 Å². The fraction of sp³-hybridized carbons (Fsp3) is 0.600. The zero-order valence-electron chi connectivity index (χ0n) is 15.7. The summed E-state index contributed by atoms with van der Waals surface area (Å²) in [5, 5.41) is 2.81. The van der Waals surface area contributed by atoms with Gasteiger partial charge in [0.2, 0.25) is 5.91 Å². The summed E-state index contributed by atoms with van der Waals surface area (Å²) in [7, 11) is 3.40. The van der Waals surface area contributed by atoms with Crippen molar-refractivity contribution in [2.45, 2.75) is 45.1 Å². The van der Waals surface area contributed by atoms with Crippen LogP contribution in [0.15, 0.2) is 30.3 Å².